The molecule has 1 heterocycles. The molecule has 1 aliphatic heterocycles. The van der Waals surface area contributed by atoms with Crippen molar-refractivity contribution in [3.63, 3.8) is 0 Å². The maximum Gasteiger partial charge on any atom is 0.251 e. The van der Waals surface area contributed by atoms with Crippen LogP contribution >= 0.6 is 0 Å². The fourth-order valence-corrected chi connectivity index (χ4v) is 2.38. The molecular weight excluding hydrogens is 242 g/mol. The molecule has 1 aromatic carbocycles. The second kappa shape index (κ2) is 5.72. The van der Waals surface area contributed by atoms with Crippen molar-refractivity contribution in [2.45, 2.75) is 38.4 Å². The van der Waals surface area contributed by atoms with Crippen LogP contribution in [0, 0.1) is 0 Å². The van der Waals surface area contributed by atoms with Crippen molar-refractivity contribution >= 4 is 5.91 Å². The number of benzene rings is 1. The van der Waals surface area contributed by atoms with E-state index in [1.165, 1.54) is 0 Å². The highest BCUT2D eigenvalue weighted by Crippen LogP contribution is 2.24. The summed E-state index contributed by atoms with van der Waals surface area (Å²) in [5, 5.41) is 13.2. The van der Waals surface area contributed by atoms with Crippen LogP contribution in [0.2, 0.25) is 0 Å². The zero-order valence-corrected chi connectivity index (χ0v) is 11.5. The van der Waals surface area contributed by atoms with Gasteiger partial charge in [0.15, 0.2) is 0 Å². The zero-order chi connectivity index (χ0) is 13.9. The van der Waals surface area contributed by atoms with Crippen LogP contribution in [0.15, 0.2) is 24.3 Å². The lowest BCUT2D eigenvalue weighted by molar-refractivity contribution is -0.0251. The Morgan fingerprint density at radius 3 is 2.89 bits per heavy atom. The van der Waals surface area contributed by atoms with Crippen molar-refractivity contribution in [2.24, 2.45) is 0 Å². The molecule has 1 saturated heterocycles. The Balaban J connectivity index is 2.02. The number of rotatable bonds is 4. The minimum atomic E-state index is -0.948. The summed E-state index contributed by atoms with van der Waals surface area (Å²) in [4.78, 5) is 12.2. The molecule has 1 fully saturated rings. The van der Waals surface area contributed by atoms with E-state index >= 15 is 0 Å². The molecular formula is C15H21NO3. The van der Waals surface area contributed by atoms with Gasteiger partial charge in [0.05, 0.1) is 6.10 Å². The third kappa shape index (κ3) is 2.96. The van der Waals surface area contributed by atoms with Gasteiger partial charge in [-0.25, -0.2) is 0 Å². The number of amides is 1. The number of nitrogens with one attached hydrogen (secondary N) is 1. The quantitative estimate of drug-likeness (QED) is 0.866. The molecule has 2 N–H and O–H groups in total. The minimum Gasteiger partial charge on any atom is -0.385 e. The summed E-state index contributed by atoms with van der Waals surface area (Å²) in [6, 6.07) is 7.54. The van der Waals surface area contributed by atoms with Gasteiger partial charge >= 0.3 is 0 Å². The van der Waals surface area contributed by atoms with Crippen molar-refractivity contribution in [3.05, 3.63) is 35.4 Å². The van der Waals surface area contributed by atoms with Gasteiger partial charge in [-0.2, -0.15) is 0 Å². The van der Waals surface area contributed by atoms with Crippen LogP contribution in [0.4, 0.5) is 0 Å². The van der Waals surface area contributed by atoms with Crippen LogP contribution in [-0.2, 0) is 11.2 Å². The number of aliphatic hydroxyl groups is 1. The maximum atomic E-state index is 12.2. The molecule has 1 amide bonds. The Morgan fingerprint density at radius 1 is 1.53 bits per heavy atom. The number of carbonyl (C=O) groups excluding carboxylic acids is 1. The van der Waals surface area contributed by atoms with E-state index in [1.54, 1.807) is 0 Å². The lowest BCUT2D eigenvalue weighted by Crippen LogP contribution is -2.47. The van der Waals surface area contributed by atoms with E-state index in [0.717, 1.165) is 12.0 Å². The van der Waals surface area contributed by atoms with Crippen LogP contribution in [0.5, 0.6) is 0 Å². The molecule has 0 aromatic heterocycles. The molecule has 104 valence electrons. The van der Waals surface area contributed by atoms with E-state index in [-0.39, 0.29) is 18.6 Å². The summed E-state index contributed by atoms with van der Waals surface area (Å²) in [6.07, 6.45) is 1.13. The Bertz CT molecular complexity index is 460. The first-order valence-electron chi connectivity index (χ1n) is 6.77. The van der Waals surface area contributed by atoms with Gasteiger partial charge < -0.3 is 15.2 Å². The SMILES string of the molecule is CCc1ccccc1C(=O)NCC1(O)CCOC1C. The van der Waals surface area contributed by atoms with Crippen LogP contribution in [-0.4, -0.2) is 35.9 Å². The Morgan fingerprint density at radius 2 is 2.26 bits per heavy atom. The standard InChI is InChI=1S/C15H21NO3/c1-3-12-6-4-5-7-13(12)14(17)16-10-15(18)8-9-19-11(15)2/h4-7,11,18H,3,8-10H2,1-2H3,(H,16,17). The average molecular weight is 263 g/mol. The summed E-state index contributed by atoms with van der Waals surface area (Å²) >= 11 is 0. The van der Waals surface area contributed by atoms with Crippen molar-refractivity contribution in [1.29, 1.82) is 0 Å². The van der Waals surface area contributed by atoms with Gasteiger partial charge in [-0.1, -0.05) is 25.1 Å². The van der Waals surface area contributed by atoms with Crippen LogP contribution in [0.3, 0.4) is 0 Å². The Hall–Kier alpha value is -1.39. The molecule has 0 spiro atoms. The maximum absolute atomic E-state index is 12.2. The van der Waals surface area contributed by atoms with Crippen LogP contribution in [0.25, 0.3) is 0 Å². The van der Waals surface area contributed by atoms with Crippen molar-refractivity contribution in [2.75, 3.05) is 13.2 Å². The van der Waals surface area contributed by atoms with Gasteiger partial charge in [0.1, 0.15) is 5.60 Å². The molecule has 4 nitrogen and oxygen atoms in total. The molecule has 0 bridgehead atoms. The van der Waals surface area contributed by atoms with Gasteiger partial charge in [0.25, 0.3) is 5.91 Å². The van der Waals surface area contributed by atoms with Crippen molar-refractivity contribution in [1.82, 2.24) is 5.32 Å². The lowest BCUT2D eigenvalue weighted by Gasteiger charge is -2.26. The van der Waals surface area contributed by atoms with E-state index in [2.05, 4.69) is 5.32 Å². The first-order valence-corrected chi connectivity index (χ1v) is 6.77. The number of hydrogen-bond acceptors (Lipinski definition) is 3. The molecule has 1 aromatic rings. The molecule has 0 radical (unpaired) electrons. The zero-order valence-electron chi connectivity index (χ0n) is 11.5. The van der Waals surface area contributed by atoms with E-state index in [0.29, 0.717) is 18.6 Å². The molecule has 0 saturated carbocycles. The van der Waals surface area contributed by atoms with Gasteiger partial charge in [0, 0.05) is 25.1 Å². The Labute approximate surface area is 113 Å². The Kier molecular flexibility index (Phi) is 4.22. The molecule has 1 aliphatic rings. The third-order valence-electron chi connectivity index (χ3n) is 3.86. The van der Waals surface area contributed by atoms with Gasteiger partial charge in [-0.15, -0.1) is 0 Å². The molecule has 4 heteroatoms. The van der Waals surface area contributed by atoms with Gasteiger partial charge in [-0.05, 0) is 25.0 Å². The lowest BCUT2D eigenvalue weighted by atomic mass is 9.96. The van der Waals surface area contributed by atoms with Crippen LogP contribution < -0.4 is 5.32 Å². The smallest absolute Gasteiger partial charge is 0.251 e. The fraction of sp³-hybridized carbons (Fsp3) is 0.533. The predicted octanol–water partition coefficient (Wildman–Crippen LogP) is 1.52. The molecule has 19 heavy (non-hydrogen) atoms. The normalized spacial score (nSPS) is 26.4. The number of ether oxygens (including phenoxy) is 1. The molecule has 0 aliphatic carbocycles. The van der Waals surface area contributed by atoms with E-state index in [4.69, 9.17) is 4.74 Å². The highest BCUT2D eigenvalue weighted by atomic mass is 16.5. The van der Waals surface area contributed by atoms with E-state index in [1.807, 2.05) is 38.1 Å². The van der Waals surface area contributed by atoms with E-state index in [9.17, 15) is 9.90 Å². The number of carbonyl (C=O) groups is 1. The first kappa shape index (κ1) is 14.0. The summed E-state index contributed by atoms with van der Waals surface area (Å²) < 4.78 is 5.35. The summed E-state index contributed by atoms with van der Waals surface area (Å²) in [5.74, 6) is -0.134. The van der Waals surface area contributed by atoms with Crippen LogP contribution in [0.1, 0.15) is 36.2 Å². The summed E-state index contributed by atoms with van der Waals surface area (Å²) in [6.45, 7) is 4.62. The van der Waals surface area contributed by atoms with Crippen molar-refractivity contribution in [3.8, 4) is 0 Å². The highest BCUT2D eigenvalue weighted by molar-refractivity contribution is 5.95. The number of aryl methyl sites for hydroxylation is 1. The topological polar surface area (TPSA) is 58.6 Å². The van der Waals surface area contributed by atoms with Gasteiger partial charge in [-0.3, -0.25) is 4.79 Å². The second-order valence-corrected chi connectivity index (χ2v) is 5.06. The highest BCUT2D eigenvalue weighted by Gasteiger charge is 2.39. The number of hydrogen-bond donors (Lipinski definition) is 2. The van der Waals surface area contributed by atoms with Gasteiger partial charge in [0.2, 0.25) is 0 Å². The first-order chi connectivity index (χ1) is 9.07. The largest absolute Gasteiger partial charge is 0.385 e. The summed E-state index contributed by atoms with van der Waals surface area (Å²) in [7, 11) is 0. The fourth-order valence-electron chi connectivity index (χ4n) is 2.38. The molecule has 2 rings (SSSR count). The monoisotopic (exact) mass is 263 g/mol. The molecule has 2 unspecified atom stereocenters. The summed E-state index contributed by atoms with van der Waals surface area (Å²) in [5.41, 5.74) is 0.750. The van der Waals surface area contributed by atoms with Crippen molar-refractivity contribution < 1.29 is 14.6 Å². The molecule has 2 atom stereocenters. The minimum absolute atomic E-state index is 0.134. The van der Waals surface area contributed by atoms with E-state index < -0.39 is 5.60 Å². The average Bonchev–Trinajstić information content (AvgIpc) is 2.76. The predicted molar refractivity (Wildman–Crippen MR) is 73.1 cm³/mol. The second-order valence-electron chi connectivity index (χ2n) is 5.06. The third-order valence-corrected chi connectivity index (χ3v) is 3.86.